The molecule has 2 rings (SSSR count). The van der Waals surface area contributed by atoms with Crippen molar-refractivity contribution >= 4 is 11.6 Å². The largest absolute Gasteiger partial charge is 0.497 e. The fourth-order valence-electron chi connectivity index (χ4n) is 2.30. The quantitative estimate of drug-likeness (QED) is 0.849. The fraction of sp³-hybridized carbons (Fsp3) is 0.467. The third-order valence-electron chi connectivity index (χ3n) is 3.41. The summed E-state index contributed by atoms with van der Waals surface area (Å²) in [5, 5.41) is 4.24. The number of ether oxygens (including phenoxy) is 1. The summed E-state index contributed by atoms with van der Waals surface area (Å²) in [5.74, 6) is 1.24. The van der Waals surface area contributed by atoms with Crippen LogP contribution >= 0.6 is 0 Å². The van der Waals surface area contributed by atoms with Gasteiger partial charge in [-0.2, -0.15) is 5.10 Å². The molecule has 1 amide bonds. The molecule has 1 fully saturated rings. The van der Waals surface area contributed by atoms with E-state index in [1.165, 1.54) is 12.8 Å². The van der Waals surface area contributed by atoms with E-state index >= 15 is 0 Å². The molecule has 1 atom stereocenters. The van der Waals surface area contributed by atoms with Crippen molar-refractivity contribution in [2.45, 2.75) is 32.6 Å². The van der Waals surface area contributed by atoms with Gasteiger partial charge in [0.1, 0.15) is 5.75 Å². The van der Waals surface area contributed by atoms with Gasteiger partial charge in [-0.15, -0.1) is 0 Å². The van der Waals surface area contributed by atoms with Gasteiger partial charge < -0.3 is 4.74 Å². The van der Waals surface area contributed by atoms with Crippen LogP contribution in [0.3, 0.4) is 0 Å². The van der Waals surface area contributed by atoms with Crippen molar-refractivity contribution in [3.63, 3.8) is 0 Å². The van der Waals surface area contributed by atoms with Crippen LogP contribution < -0.4 is 10.2 Å². The van der Waals surface area contributed by atoms with Crippen LogP contribution in [-0.4, -0.2) is 18.7 Å². The van der Waals surface area contributed by atoms with Gasteiger partial charge >= 0.3 is 0 Å². The molecule has 0 bridgehead atoms. The normalized spacial score (nSPS) is 21.2. The third-order valence-corrected chi connectivity index (χ3v) is 3.41. The zero-order valence-corrected chi connectivity index (χ0v) is 11.5. The second-order valence-corrected chi connectivity index (χ2v) is 5.05. The van der Waals surface area contributed by atoms with Gasteiger partial charge in [-0.05, 0) is 55.9 Å². The van der Waals surface area contributed by atoms with E-state index in [1.807, 2.05) is 0 Å². The first-order valence-corrected chi connectivity index (χ1v) is 6.69. The number of methoxy groups -OCH3 is 1. The Labute approximate surface area is 113 Å². The number of carbonyl (C=O) groups is 1. The highest BCUT2D eigenvalue weighted by molar-refractivity contribution is 5.95. The van der Waals surface area contributed by atoms with E-state index in [4.69, 9.17) is 4.74 Å². The molecule has 4 heteroatoms. The number of hydrogen-bond donors (Lipinski definition) is 1. The standard InChI is InChI=1S/C15H20N2O2/c1-11-4-3-5-13(10-11)16-17-15(18)12-6-8-14(19-2)9-7-12/h6-9,11H,3-5,10H2,1-2H3,(H,17,18). The summed E-state index contributed by atoms with van der Waals surface area (Å²) in [6.07, 6.45) is 4.40. The number of nitrogens with zero attached hydrogens (tertiary/aromatic N) is 1. The number of rotatable bonds is 3. The van der Waals surface area contributed by atoms with Crippen molar-refractivity contribution in [2.24, 2.45) is 11.0 Å². The number of benzene rings is 1. The lowest BCUT2D eigenvalue weighted by molar-refractivity contribution is 0.0954. The minimum atomic E-state index is -0.173. The molecule has 1 unspecified atom stereocenters. The minimum Gasteiger partial charge on any atom is -0.497 e. The van der Waals surface area contributed by atoms with Crippen LogP contribution in [0.1, 0.15) is 43.0 Å². The second kappa shape index (κ2) is 6.36. The molecule has 1 N–H and O–H groups in total. The smallest absolute Gasteiger partial charge is 0.271 e. The molecule has 1 aromatic carbocycles. The molecular formula is C15H20N2O2. The van der Waals surface area contributed by atoms with Crippen LogP contribution in [0.2, 0.25) is 0 Å². The average Bonchev–Trinajstić information content (AvgIpc) is 2.45. The van der Waals surface area contributed by atoms with Crippen LogP contribution in [0.25, 0.3) is 0 Å². The molecule has 1 saturated carbocycles. The van der Waals surface area contributed by atoms with Crippen LogP contribution in [-0.2, 0) is 0 Å². The Morgan fingerprint density at radius 2 is 2.11 bits per heavy atom. The summed E-state index contributed by atoms with van der Waals surface area (Å²) in [6, 6.07) is 7.01. The van der Waals surface area contributed by atoms with Gasteiger partial charge in [0.2, 0.25) is 0 Å². The van der Waals surface area contributed by atoms with E-state index in [9.17, 15) is 4.79 Å². The van der Waals surface area contributed by atoms with Crippen molar-refractivity contribution in [2.75, 3.05) is 7.11 Å². The summed E-state index contributed by atoms with van der Waals surface area (Å²) in [5.41, 5.74) is 4.32. The highest BCUT2D eigenvalue weighted by Gasteiger charge is 2.14. The van der Waals surface area contributed by atoms with Crippen molar-refractivity contribution < 1.29 is 9.53 Å². The van der Waals surface area contributed by atoms with E-state index in [0.29, 0.717) is 11.5 Å². The van der Waals surface area contributed by atoms with Crippen LogP contribution in [0, 0.1) is 5.92 Å². The molecule has 0 radical (unpaired) electrons. The van der Waals surface area contributed by atoms with Crippen molar-refractivity contribution in [1.29, 1.82) is 0 Å². The Hall–Kier alpha value is -1.84. The lowest BCUT2D eigenvalue weighted by Gasteiger charge is -2.18. The van der Waals surface area contributed by atoms with Gasteiger partial charge in [0, 0.05) is 11.3 Å². The van der Waals surface area contributed by atoms with Crippen LogP contribution in [0.4, 0.5) is 0 Å². The first kappa shape index (κ1) is 13.6. The monoisotopic (exact) mass is 260 g/mol. The topological polar surface area (TPSA) is 50.7 Å². The summed E-state index contributed by atoms with van der Waals surface area (Å²) >= 11 is 0. The Morgan fingerprint density at radius 3 is 2.74 bits per heavy atom. The van der Waals surface area contributed by atoms with E-state index < -0.39 is 0 Å². The van der Waals surface area contributed by atoms with E-state index in [0.717, 1.165) is 24.3 Å². The molecular weight excluding hydrogens is 240 g/mol. The Balaban J connectivity index is 1.94. The molecule has 19 heavy (non-hydrogen) atoms. The minimum absolute atomic E-state index is 0.173. The molecule has 0 heterocycles. The predicted molar refractivity (Wildman–Crippen MR) is 75.5 cm³/mol. The molecule has 0 aromatic heterocycles. The first-order valence-electron chi connectivity index (χ1n) is 6.69. The maximum Gasteiger partial charge on any atom is 0.271 e. The zero-order chi connectivity index (χ0) is 13.7. The highest BCUT2D eigenvalue weighted by atomic mass is 16.5. The van der Waals surface area contributed by atoms with Gasteiger partial charge in [0.25, 0.3) is 5.91 Å². The van der Waals surface area contributed by atoms with E-state index in [2.05, 4.69) is 17.5 Å². The lowest BCUT2D eigenvalue weighted by atomic mass is 9.89. The lowest BCUT2D eigenvalue weighted by Crippen LogP contribution is -2.22. The number of hydrazone groups is 1. The highest BCUT2D eigenvalue weighted by Crippen LogP contribution is 2.21. The van der Waals surface area contributed by atoms with Crippen LogP contribution in [0.5, 0.6) is 5.75 Å². The molecule has 1 aliphatic carbocycles. The predicted octanol–water partition coefficient (Wildman–Crippen LogP) is 2.99. The molecule has 102 valence electrons. The molecule has 1 aliphatic rings. The van der Waals surface area contributed by atoms with Crippen molar-refractivity contribution in [3.8, 4) is 5.75 Å². The summed E-state index contributed by atoms with van der Waals surface area (Å²) in [4.78, 5) is 11.9. The Bertz CT molecular complexity index is 466. The maximum absolute atomic E-state index is 11.9. The Kier molecular flexibility index (Phi) is 4.55. The third kappa shape index (κ3) is 3.81. The summed E-state index contributed by atoms with van der Waals surface area (Å²) < 4.78 is 5.06. The molecule has 1 aromatic rings. The van der Waals surface area contributed by atoms with Crippen molar-refractivity contribution in [1.82, 2.24) is 5.43 Å². The SMILES string of the molecule is COc1ccc(C(=O)NN=C2CCCC(C)C2)cc1. The van der Waals surface area contributed by atoms with Crippen molar-refractivity contribution in [3.05, 3.63) is 29.8 Å². The van der Waals surface area contributed by atoms with Gasteiger partial charge in [-0.3, -0.25) is 4.79 Å². The molecule has 0 spiro atoms. The molecule has 0 aliphatic heterocycles. The van der Waals surface area contributed by atoms with Crippen LogP contribution in [0.15, 0.2) is 29.4 Å². The summed E-state index contributed by atoms with van der Waals surface area (Å²) in [6.45, 7) is 2.22. The second-order valence-electron chi connectivity index (χ2n) is 5.05. The first-order chi connectivity index (χ1) is 9.19. The average molecular weight is 260 g/mol. The number of nitrogens with one attached hydrogen (secondary N) is 1. The zero-order valence-electron chi connectivity index (χ0n) is 11.5. The van der Waals surface area contributed by atoms with Gasteiger partial charge in [0.15, 0.2) is 0 Å². The molecule has 4 nitrogen and oxygen atoms in total. The number of amides is 1. The number of carbonyl (C=O) groups excluding carboxylic acids is 1. The number of hydrogen-bond acceptors (Lipinski definition) is 3. The maximum atomic E-state index is 11.9. The van der Waals surface area contributed by atoms with E-state index in [1.54, 1.807) is 31.4 Å². The Morgan fingerprint density at radius 1 is 1.37 bits per heavy atom. The van der Waals surface area contributed by atoms with Gasteiger partial charge in [-0.25, -0.2) is 5.43 Å². The summed E-state index contributed by atoms with van der Waals surface area (Å²) in [7, 11) is 1.60. The fourth-order valence-corrected chi connectivity index (χ4v) is 2.30. The van der Waals surface area contributed by atoms with Gasteiger partial charge in [0.05, 0.1) is 7.11 Å². The van der Waals surface area contributed by atoms with E-state index in [-0.39, 0.29) is 5.91 Å². The molecule has 0 saturated heterocycles. The van der Waals surface area contributed by atoms with Gasteiger partial charge in [-0.1, -0.05) is 6.92 Å².